The maximum absolute atomic E-state index is 13.1. The summed E-state index contributed by atoms with van der Waals surface area (Å²) < 4.78 is 24.0. The molecular formula is C16H14BrO5P. The van der Waals surface area contributed by atoms with E-state index in [1.165, 1.54) is 26.4 Å². The molecule has 2 aromatic carbocycles. The Labute approximate surface area is 142 Å². The molecule has 1 unspecified atom stereocenters. The summed E-state index contributed by atoms with van der Waals surface area (Å²) in [4.78, 5) is 24.5. The van der Waals surface area contributed by atoms with Gasteiger partial charge in [-0.05, 0) is 28.1 Å². The maximum Gasteiger partial charge on any atom is 0.241 e. The molecule has 7 heteroatoms. The molecule has 2 rings (SSSR count). The molecule has 0 amide bonds. The van der Waals surface area contributed by atoms with Crippen molar-refractivity contribution in [1.29, 1.82) is 0 Å². The van der Waals surface area contributed by atoms with Gasteiger partial charge in [-0.1, -0.05) is 30.3 Å². The van der Waals surface area contributed by atoms with E-state index in [1.54, 1.807) is 30.3 Å². The Morgan fingerprint density at radius 3 is 2.26 bits per heavy atom. The lowest BCUT2D eigenvalue weighted by molar-refractivity contribution is 0.107. The molecule has 0 saturated heterocycles. The average molecular weight is 397 g/mol. The zero-order chi connectivity index (χ0) is 17.0. The van der Waals surface area contributed by atoms with Crippen molar-refractivity contribution in [3.8, 4) is 11.5 Å². The summed E-state index contributed by atoms with van der Waals surface area (Å²) >= 11 is 3.27. The molecule has 0 spiro atoms. The second-order valence-electron chi connectivity index (χ2n) is 4.56. The van der Waals surface area contributed by atoms with Gasteiger partial charge >= 0.3 is 0 Å². The number of carbonyl (C=O) groups is 2. The van der Waals surface area contributed by atoms with Crippen LogP contribution >= 0.6 is 23.1 Å². The maximum atomic E-state index is 13.1. The van der Waals surface area contributed by atoms with E-state index in [4.69, 9.17) is 9.47 Å². The minimum atomic E-state index is -3.97. The number of rotatable bonds is 6. The quantitative estimate of drug-likeness (QED) is 0.552. The van der Waals surface area contributed by atoms with Gasteiger partial charge < -0.3 is 14.0 Å². The zero-order valence-corrected chi connectivity index (χ0v) is 15.0. The first-order valence-electron chi connectivity index (χ1n) is 6.56. The van der Waals surface area contributed by atoms with Crippen LogP contribution in [-0.2, 0) is 9.36 Å². The van der Waals surface area contributed by atoms with Crippen LogP contribution in [0.2, 0.25) is 0 Å². The lowest BCUT2D eigenvalue weighted by Crippen LogP contribution is -2.15. The largest absolute Gasteiger partial charge is 0.496 e. The summed E-state index contributed by atoms with van der Waals surface area (Å²) in [6, 6.07) is 11.3. The lowest BCUT2D eigenvalue weighted by Gasteiger charge is -2.17. The Morgan fingerprint density at radius 1 is 1.09 bits per heavy atom. The molecule has 5 nitrogen and oxygen atoms in total. The van der Waals surface area contributed by atoms with Crippen molar-refractivity contribution in [2.75, 3.05) is 14.2 Å². The molecule has 0 aliphatic rings. The van der Waals surface area contributed by atoms with E-state index in [0.29, 0.717) is 4.47 Å². The van der Waals surface area contributed by atoms with E-state index in [-0.39, 0.29) is 28.4 Å². The van der Waals surface area contributed by atoms with Crippen LogP contribution in [0.5, 0.6) is 11.5 Å². The highest BCUT2D eigenvalue weighted by atomic mass is 79.9. The highest BCUT2D eigenvalue weighted by Gasteiger charge is 2.38. The summed E-state index contributed by atoms with van der Waals surface area (Å²) in [7, 11) is -1.20. The molecular weight excluding hydrogens is 383 g/mol. The fraction of sp³-hybridized carbons (Fsp3) is 0.125. The number of benzene rings is 2. The van der Waals surface area contributed by atoms with Crippen molar-refractivity contribution in [3.63, 3.8) is 0 Å². The Morgan fingerprint density at radius 2 is 1.74 bits per heavy atom. The normalized spacial score (nSPS) is 13.0. The molecule has 0 saturated carbocycles. The smallest absolute Gasteiger partial charge is 0.241 e. The zero-order valence-electron chi connectivity index (χ0n) is 12.5. The molecule has 0 aromatic heterocycles. The first-order valence-corrected chi connectivity index (χ1v) is 9.13. The molecule has 1 atom stereocenters. The Hall–Kier alpha value is -1.91. The fourth-order valence-electron chi connectivity index (χ4n) is 2.15. The van der Waals surface area contributed by atoms with Gasteiger partial charge in [0.25, 0.3) is 0 Å². The highest BCUT2D eigenvalue weighted by Crippen LogP contribution is 2.49. The van der Waals surface area contributed by atoms with E-state index >= 15 is 0 Å². The van der Waals surface area contributed by atoms with Crippen LogP contribution in [0.25, 0.3) is 0 Å². The van der Waals surface area contributed by atoms with Crippen LogP contribution < -0.4 is 14.8 Å². The van der Waals surface area contributed by atoms with Crippen LogP contribution in [0.4, 0.5) is 0 Å². The Balaban J connectivity index is 2.71. The molecule has 23 heavy (non-hydrogen) atoms. The predicted octanol–water partition coefficient (Wildman–Crippen LogP) is 3.49. The summed E-state index contributed by atoms with van der Waals surface area (Å²) in [5, 5.41) is 0.170. The Kier molecular flexibility index (Phi) is 5.39. The first-order chi connectivity index (χ1) is 11.0. The molecule has 0 radical (unpaired) electrons. The second-order valence-corrected chi connectivity index (χ2v) is 7.87. The van der Waals surface area contributed by atoms with Crippen LogP contribution in [0.3, 0.4) is 0 Å². The van der Waals surface area contributed by atoms with E-state index in [1.807, 2.05) is 0 Å². The number of hydrogen-bond acceptors (Lipinski definition) is 5. The van der Waals surface area contributed by atoms with Gasteiger partial charge in [-0.2, -0.15) is 0 Å². The van der Waals surface area contributed by atoms with Crippen molar-refractivity contribution >= 4 is 39.9 Å². The van der Waals surface area contributed by atoms with Crippen molar-refractivity contribution in [2.24, 2.45) is 0 Å². The van der Waals surface area contributed by atoms with Crippen molar-refractivity contribution in [2.45, 2.75) is 0 Å². The van der Waals surface area contributed by atoms with Crippen LogP contribution in [0, 0.1) is 0 Å². The van der Waals surface area contributed by atoms with Crippen molar-refractivity contribution in [1.82, 2.24) is 0 Å². The van der Waals surface area contributed by atoms with Gasteiger partial charge in [-0.15, -0.1) is 0 Å². The van der Waals surface area contributed by atoms with Gasteiger partial charge in [0.2, 0.25) is 12.7 Å². The Bertz CT molecular complexity index is 789. The van der Waals surface area contributed by atoms with E-state index in [0.717, 1.165) is 0 Å². The van der Waals surface area contributed by atoms with Gasteiger partial charge in [0, 0.05) is 5.30 Å². The molecule has 0 N–H and O–H groups in total. The molecule has 0 bridgehead atoms. The van der Waals surface area contributed by atoms with Gasteiger partial charge in [-0.3, -0.25) is 9.59 Å². The van der Waals surface area contributed by atoms with Crippen molar-refractivity contribution in [3.05, 3.63) is 52.5 Å². The molecule has 0 aliphatic carbocycles. The first kappa shape index (κ1) is 17.4. The number of hydrogen-bond donors (Lipinski definition) is 0. The number of carbonyl (C=O) groups excluding carboxylic acids is 2. The lowest BCUT2D eigenvalue weighted by atomic mass is 10.2. The third-order valence-electron chi connectivity index (χ3n) is 3.30. The number of halogens is 1. The minimum Gasteiger partial charge on any atom is -0.496 e. The van der Waals surface area contributed by atoms with Crippen molar-refractivity contribution < 1.29 is 23.6 Å². The minimum absolute atomic E-state index is 0.0244. The monoisotopic (exact) mass is 396 g/mol. The predicted molar refractivity (Wildman–Crippen MR) is 92.0 cm³/mol. The SMILES string of the molecule is COc1ccc(Br)c(OC)c1C(=O)P(=O)(C=O)c1ccccc1. The summed E-state index contributed by atoms with van der Waals surface area (Å²) in [5.41, 5.74) is -0.850. The average Bonchev–Trinajstić information content (AvgIpc) is 2.60. The molecule has 120 valence electrons. The second kappa shape index (κ2) is 7.11. The van der Waals surface area contributed by atoms with Crippen LogP contribution in [0.15, 0.2) is 46.9 Å². The third-order valence-corrected chi connectivity index (χ3v) is 6.11. The topological polar surface area (TPSA) is 69.7 Å². The summed E-state index contributed by atoms with van der Waals surface area (Å²) in [5.74, 6) is 0.361. The fourth-order valence-corrected chi connectivity index (χ4v) is 4.26. The molecule has 0 fully saturated rings. The van der Waals surface area contributed by atoms with E-state index < -0.39 is 12.7 Å². The highest BCUT2D eigenvalue weighted by molar-refractivity contribution is 9.10. The van der Waals surface area contributed by atoms with Crippen LogP contribution in [0.1, 0.15) is 10.4 Å². The number of ether oxygens (including phenoxy) is 2. The van der Waals surface area contributed by atoms with Gasteiger partial charge in [-0.25, -0.2) is 0 Å². The molecule has 0 heterocycles. The summed E-state index contributed by atoms with van der Waals surface area (Å²) in [6.07, 6.45) is 0. The summed E-state index contributed by atoms with van der Waals surface area (Å²) in [6.45, 7) is 0. The van der Waals surface area contributed by atoms with Crippen LogP contribution in [-0.4, -0.2) is 25.8 Å². The van der Waals surface area contributed by atoms with E-state index in [2.05, 4.69) is 15.9 Å². The van der Waals surface area contributed by atoms with Gasteiger partial charge in [0.05, 0.1) is 18.7 Å². The van der Waals surface area contributed by atoms with Gasteiger partial charge in [0.15, 0.2) is 6.03 Å². The standard InChI is InChI=1S/C16H14BrO5P/c1-21-13-9-8-12(17)15(22-2)14(13)16(19)23(20,10-18)11-6-4-3-5-7-11/h3-10H,1-2H3. The third kappa shape index (κ3) is 3.09. The van der Waals surface area contributed by atoms with E-state index in [9.17, 15) is 14.2 Å². The number of methoxy groups -OCH3 is 2. The van der Waals surface area contributed by atoms with Gasteiger partial charge in [0.1, 0.15) is 17.1 Å². The molecule has 2 aromatic rings. The molecule has 0 aliphatic heterocycles.